The van der Waals surface area contributed by atoms with Crippen molar-refractivity contribution in [2.45, 2.75) is 77.2 Å². The first-order chi connectivity index (χ1) is 15.5. The average Bonchev–Trinajstić information content (AvgIpc) is 3.10. The Hall–Kier alpha value is -2.96. The predicted octanol–water partition coefficient (Wildman–Crippen LogP) is 4.84. The summed E-state index contributed by atoms with van der Waals surface area (Å²) in [5.74, 6) is 0.267. The zero-order chi connectivity index (χ0) is 23.6. The molecular formula is C26H32N4O3. The highest BCUT2D eigenvalue weighted by molar-refractivity contribution is 6.09. The number of anilines is 1. The summed E-state index contributed by atoms with van der Waals surface area (Å²) in [5, 5.41) is 9.65. The number of hydrogen-bond acceptors (Lipinski definition) is 6. The lowest BCUT2D eigenvalue weighted by Gasteiger charge is -2.42. The summed E-state index contributed by atoms with van der Waals surface area (Å²) < 4.78 is 6.15. The summed E-state index contributed by atoms with van der Waals surface area (Å²) in [6.45, 7) is 7.73. The Balaban J connectivity index is 1.45. The Bertz CT molecular complexity index is 1160. The number of nitrogen functional groups attached to an aromatic ring is 1. The topological polar surface area (TPSA) is 111 Å². The van der Waals surface area contributed by atoms with E-state index in [9.17, 15) is 9.90 Å². The van der Waals surface area contributed by atoms with Crippen LogP contribution in [-0.4, -0.2) is 32.4 Å². The fourth-order valence-electron chi connectivity index (χ4n) is 6.06. The molecule has 2 aliphatic carbocycles. The maximum atomic E-state index is 11.7. The second-order valence-electron chi connectivity index (χ2n) is 10.9. The quantitative estimate of drug-likeness (QED) is 0.695. The van der Waals surface area contributed by atoms with Gasteiger partial charge in [0, 0.05) is 5.56 Å². The van der Waals surface area contributed by atoms with E-state index >= 15 is 0 Å². The van der Waals surface area contributed by atoms with Crippen molar-refractivity contribution in [3.05, 3.63) is 41.2 Å². The van der Waals surface area contributed by atoms with Crippen LogP contribution in [0.1, 0.15) is 76.5 Å². The van der Waals surface area contributed by atoms with Crippen LogP contribution in [0.4, 0.5) is 11.5 Å². The smallest absolute Gasteiger partial charge is 0.309 e. The first kappa shape index (κ1) is 21.9. The number of benzene rings is 1. The predicted molar refractivity (Wildman–Crippen MR) is 127 cm³/mol. The normalized spacial score (nSPS) is 25.7. The Morgan fingerprint density at radius 2 is 1.91 bits per heavy atom. The lowest BCUT2D eigenvalue weighted by Crippen LogP contribution is -2.41. The van der Waals surface area contributed by atoms with E-state index in [1.165, 1.54) is 17.5 Å². The van der Waals surface area contributed by atoms with Crippen LogP contribution in [0.25, 0.3) is 0 Å². The molecule has 0 bridgehead atoms. The van der Waals surface area contributed by atoms with Crippen molar-refractivity contribution in [2.75, 3.05) is 5.73 Å². The molecule has 1 fully saturated rings. The fraction of sp³-hybridized carbons (Fsp3) is 0.538. The van der Waals surface area contributed by atoms with Gasteiger partial charge in [-0.1, -0.05) is 12.1 Å². The van der Waals surface area contributed by atoms with Crippen LogP contribution < -0.4 is 10.5 Å². The van der Waals surface area contributed by atoms with Crippen molar-refractivity contribution in [1.29, 1.82) is 0 Å². The molecule has 33 heavy (non-hydrogen) atoms. The van der Waals surface area contributed by atoms with E-state index in [1.807, 2.05) is 27.7 Å². The number of aliphatic imine (C=N–C) groups is 1. The van der Waals surface area contributed by atoms with Crippen LogP contribution in [0.15, 0.2) is 29.5 Å². The maximum Gasteiger partial charge on any atom is 0.309 e. The molecule has 1 aromatic carbocycles. The van der Waals surface area contributed by atoms with Gasteiger partial charge in [0.05, 0.1) is 11.1 Å². The van der Waals surface area contributed by atoms with Gasteiger partial charge >= 0.3 is 5.97 Å². The first-order valence-electron chi connectivity index (χ1n) is 11.8. The van der Waals surface area contributed by atoms with E-state index in [1.54, 1.807) is 0 Å². The third-order valence-electron chi connectivity index (χ3n) is 8.30. The highest BCUT2D eigenvalue weighted by atomic mass is 16.5. The molecule has 1 aromatic heterocycles. The minimum atomic E-state index is -0.689. The standard InChI is InChI=1S/C26H32N4O3/c1-24(2,23(31)32)17-8-11-26(12-9-17)10-7-15-13-16(5-6-18(15)26)20-25(3,4)33-22-19(30-20)21(27)28-14-29-22/h5-6,13-14,17H,7-12H2,1-4H3,(H,31,32)(H2,27,28,29). The molecule has 3 N–H and O–H groups in total. The van der Waals surface area contributed by atoms with Crippen LogP contribution in [0.2, 0.25) is 0 Å². The first-order valence-corrected chi connectivity index (χ1v) is 11.8. The van der Waals surface area contributed by atoms with Crippen LogP contribution in [0.3, 0.4) is 0 Å². The summed E-state index contributed by atoms with van der Waals surface area (Å²) in [7, 11) is 0. The number of fused-ring (bicyclic) bond motifs is 3. The number of carbonyl (C=O) groups is 1. The zero-order valence-electron chi connectivity index (χ0n) is 19.8. The second-order valence-corrected chi connectivity index (χ2v) is 10.9. The van der Waals surface area contributed by atoms with E-state index < -0.39 is 17.0 Å². The van der Waals surface area contributed by atoms with Gasteiger partial charge in [-0.25, -0.2) is 9.98 Å². The van der Waals surface area contributed by atoms with E-state index in [2.05, 4.69) is 28.2 Å². The molecule has 5 rings (SSSR count). The molecule has 1 saturated carbocycles. The zero-order valence-corrected chi connectivity index (χ0v) is 19.8. The summed E-state index contributed by atoms with van der Waals surface area (Å²) in [5.41, 5.74) is 10.0. The minimum absolute atomic E-state index is 0.171. The average molecular weight is 449 g/mol. The monoisotopic (exact) mass is 448 g/mol. The highest BCUT2D eigenvalue weighted by Gasteiger charge is 2.46. The number of aliphatic carboxylic acids is 1. The fourth-order valence-corrected chi connectivity index (χ4v) is 6.06. The molecule has 0 amide bonds. The second kappa shape index (κ2) is 7.27. The van der Waals surface area contributed by atoms with Crippen LogP contribution >= 0.6 is 0 Å². The van der Waals surface area contributed by atoms with Gasteiger partial charge in [-0.05, 0) is 94.7 Å². The molecule has 1 spiro atoms. The van der Waals surface area contributed by atoms with E-state index in [0.717, 1.165) is 49.8 Å². The SMILES string of the molecule is CC1(C)Oc2ncnc(N)c2N=C1c1ccc2c(c1)CCC21CCC(C(C)(C)C(=O)O)CC1. The molecule has 0 radical (unpaired) electrons. The molecule has 174 valence electrons. The van der Waals surface area contributed by atoms with Gasteiger partial charge in [0.15, 0.2) is 11.5 Å². The summed E-state index contributed by atoms with van der Waals surface area (Å²) in [4.78, 5) is 24.8. The van der Waals surface area contributed by atoms with Gasteiger partial charge in [-0.3, -0.25) is 4.79 Å². The number of rotatable bonds is 3. The number of nitrogens with two attached hydrogens (primary N) is 1. The number of carboxylic acid groups (broad SMARTS) is 1. The Labute approximate surface area is 194 Å². The third-order valence-corrected chi connectivity index (χ3v) is 8.30. The van der Waals surface area contributed by atoms with Crippen molar-refractivity contribution >= 4 is 23.2 Å². The third kappa shape index (κ3) is 3.40. The largest absolute Gasteiger partial charge is 0.481 e. The molecule has 0 unspecified atom stereocenters. The molecule has 0 saturated heterocycles. The lowest BCUT2D eigenvalue weighted by molar-refractivity contribution is -0.151. The summed E-state index contributed by atoms with van der Waals surface area (Å²) in [6.07, 6.45) is 7.59. The number of nitrogens with zero attached hydrogens (tertiary/aromatic N) is 3. The van der Waals surface area contributed by atoms with Gasteiger partial charge in [-0.2, -0.15) is 4.98 Å². The molecule has 7 nitrogen and oxygen atoms in total. The van der Waals surface area contributed by atoms with Gasteiger partial charge in [0.2, 0.25) is 5.88 Å². The van der Waals surface area contributed by atoms with Crippen LogP contribution in [-0.2, 0) is 16.6 Å². The number of ether oxygens (including phenoxy) is 1. The van der Waals surface area contributed by atoms with Gasteiger partial charge < -0.3 is 15.6 Å². The molecule has 3 aliphatic rings. The molecule has 1 aliphatic heterocycles. The van der Waals surface area contributed by atoms with Crippen LogP contribution in [0, 0.1) is 11.3 Å². The van der Waals surface area contributed by atoms with E-state index in [-0.39, 0.29) is 11.3 Å². The number of aromatic nitrogens is 2. The molecular weight excluding hydrogens is 416 g/mol. The van der Waals surface area contributed by atoms with Crippen molar-refractivity contribution in [3.8, 4) is 5.88 Å². The van der Waals surface area contributed by atoms with E-state index in [0.29, 0.717) is 17.4 Å². The molecule has 2 aromatic rings. The molecule has 2 heterocycles. The lowest BCUT2D eigenvalue weighted by atomic mass is 9.61. The molecule has 0 atom stereocenters. The van der Waals surface area contributed by atoms with E-state index in [4.69, 9.17) is 15.5 Å². The number of aryl methyl sites for hydroxylation is 1. The van der Waals surface area contributed by atoms with Crippen molar-refractivity contribution in [3.63, 3.8) is 0 Å². The Morgan fingerprint density at radius 1 is 1.18 bits per heavy atom. The van der Waals surface area contributed by atoms with Crippen molar-refractivity contribution in [1.82, 2.24) is 9.97 Å². The van der Waals surface area contributed by atoms with Crippen molar-refractivity contribution < 1.29 is 14.6 Å². The van der Waals surface area contributed by atoms with Crippen molar-refractivity contribution in [2.24, 2.45) is 16.3 Å². The number of carboxylic acids is 1. The van der Waals surface area contributed by atoms with Gasteiger partial charge in [0.25, 0.3) is 0 Å². The maximum absolute atomic E-state index is 11.7. The Morgan fingerprint density at radius 3 is 2.61 bits per heavy atom. The summed E-state index contributed by atoms with van der Waals surface area (Å²) >= 11 is 0. The highest BCUT2D eigenvalue weighted by Crippen LogP contribution is 2.53. The molecule has 7 heteroatoms. The number of hydrogen-bond donors (Lipinski definition) is 2. The van der Waals surface area contributed by atoms with Crippen LogP contribution in [0.5, 0.6) is 5.88 Å². The van der Waals surface area contributed by atoms with Gasteiger partial charge in [-0.15, -0.1) is 0 Å². The summed E-state index contributed by atoms with van der Waals surface area (Å²) in [6, 6.07) is 6.67. The Kier molecular flexibility index (Phi) is 4.82. The van der Waals surface area contributed by atoms with Gasteiger partial charge in [0.1, 0.15) is 11.9 Å². The minimum Gasteiger partial charge on any atom is -0.481 e.